The fraction of sp³-hybridized carbons (Fsp3) is 0.227. The fourth-order valence-electron chi connectivity index (χ4n) is 2.87. The van der Waals surface area contributed by atoms with E-state index in [2.05, 4.69) is 10.4 Å². The second kappa shape index (κ2) is 9.45. The van der Waals surface area contributed by atoms with Crippen molar-refractivity contribution in [3.63, 3.8) is 0 Å². The van der Waals surface area contributed by atoms with Gasteiger partial charge in [-0.3, -0.25) is 9.59 Å². The monoisotopic (exact) mass is 427 g/mol. The van der Waals surface area contributed by atoms with Crippen LogP contribution >= 0.6 is 11.6 Å². The van der Waals surface area contributed by atoms with Crippen LogP contribution in [0.15, 0.2) is 53.3 Å². The molecule has 0 radical (unpaired) electrons. The van der Waals surface area contributed by atoms with Crippen LogP contribution in [0.2, 0.25) is 5.02 Å². The standard InChI is InChI=1S/C22H22ClN3O4/c1-4-29-17-10-11-20(30-5-2)18(13-17)24-22(28)21-19(27)12-14(3)26(25-21)16-8-6-15(23)7-9-16/h6-13H,4-5H2,1-3H3,(H,24,28). The highest BCUT2D eigenvalue weighted by Crippen LogP contribution is 2.29. The van der Waals surface area contributed by atoms with Crippen molar-refractivity contribution in [1.29, 1.82) is 0 Å². The lowest BCUT2D eigenvalue weighted by Crippen LogP contribution is -2.27. The van der Waals surface area contributed by atoms with Crippen LogP contribution in [0.25, 0.3) is 5.69 Å². The van der Waals surface area contributed by atoms with Gasteiger partial charge in [0.05, 0.1) is 24.6 Å². The number of ether oxygens (including phenoxy) is 2. The van der Waals surface area contributed by atoms with Crippen molar-refractivity contribution >= 4 is 23.2 Å². The zero-order valence-electron chi connectivity index (χ0n) is 16.9. The summed E-state index contributed by atoms with van der Waals surface area (Å²) in [5.41, 5.74) is 0.952. The van der Waals surface area contributed by atoms with E-state index in [0.29, 0.717) is 46.8 Å². The first kappa shape index (κ1) is 21.4. The molecule has 7 nitrogen and oxygen atoms in total. The maximum Gasteiger partial charge on any atom is 0.280 e. The Morgan fingerprint density at radius 2 is 1.77 bits per heavy atom. The van der Waals surface area contributed by atoms with Gasteiger partial charge in [-0.05, 0) is 57.2 Å². The lowest BCUT2D eigenvalue weighted by Gasteiger charge is -2.14. The number of carbonyl (C=O) groups is 1. The Balaban J connectivity index is 1.97. The van der Waals surface area contributed by atoms with Gasteiger partial charge in [0.2, 0.25) is 5.43 Å². The van der Waals surface area contributed by atoms with Crippen molar-refractivity contribution in [1.82, 2.24) is 9.78 Å². The SMILES string of the molecule is CCOc1ccc(OCC)c(NC(=O)c2nn(-c3ccc(Cl)cc3)c(C)cc2=O)c1. The van der Waals surface area contributed by atoms with E-state index in [1.165, 1.54) is 10.7 Å². The minimum absolute atomic E-state index is 0.236. The van der Waals surface area contributed by atoms with Crippen LogP contribution in [-0.4, -0.2) is 28.9 Å². The van der Waals surface area contributed by atoms with Crippen molar-refractivity contribution in [2.24, 2.45) is 0 Å². The summed E-state index contributed by atoms with van der Waals surface area (Å²) in [6.07, 6.45) is 0. The summed E-state index contributed by atoms with van der Waals surface area (Å²) in [5, 5.41) is 7.57. The third kappa shape index (κ3) is 4.80. The van der Waals surface area contributed by atoms with Crippen LogP contribution in [0.1, 0.15) is 30.0 Å². The molecular formula is C22H22ClN3O4. The van der Waals surface area contributed by atoms with Crippen LogP contribution in [0.3, 0.4) is 0 Å². The van der Waals surface area contributed by atoms with E-state index in [-0.39, 0.29) is 5.69 Å². The normalized spacial score (nSPS) is 10.5. The molecule has 0 saturated carbocycles. The van der Waals surface area contributed by atoms with E-state index in [1.54, 1.807) is 49.4 Å². The number of halogens is 1. The molecule has 30 heavy (non-hydrogen) atoms. The predicted octanol–water partition coefficient (Wildman–Crippen LogP) is 4.24. The highest BCUT2D eigenvalue weighted by Gasteiger charge is 2.18. The van der Waals surface area contributed by atoms with Gasteiger partial charge in [-0.25, -0.2) is 4.68 Å². The van der Waals surface area contributed by atoms with Crippen molar-refractivity contribution in [3.05, 3.63) is 75.2 Å². The first-order chi connectivity index (χ1) is 14.4. The Morgan fingerprint density at radius 3 is 2.43 bits per heavy atom. The highest BCUT2D eigenvalue weighted by molar-refractivity contribution is 6.30. The number of nitrogens with zero attached hydrogens (tertiary/aromatic N) is 2. The Kier molecular flexibility index (Phi) is 6.74. The summed E-state index contributed by atoms with van der Waals surface area (Å²) < 4.78 is 12.6. The molecule has 0 unspecified atom stereocenters. The third-order valence-electron chi connectivity index (χ3n) is 4.20. The van der Waals surface area contributed by atoms with Crippen LogP contribution in [0.5, 0.6) is 11.5 Å². The van der Waals surface area contributed by atoms with E-state index >= 15 is 0 Å². The number of amides is 1. The molecule has 0 aliphatic carbocycles. The fourth-order valence-corrected chi connectivity index (χ4v) is 3.00. The second-order valence-electron chi connectivity index (χ2n) is 6.36. The largest absolute Gasteiger partial charge is 0.494 e. The molecule has 0 spiro atoms. The number of rotatable bonds is 7. The van der Waals surface area contributed by atoms with Crippen molar-refractivity contribution in [2.45, 2.75) is 20.8 Å². The van der Waals surface area contributed by atoms with Gasteiger partial charge in [-0.15, -0.1) is 0 Å². The molecule has 0 atom stereocenters. The van der Waals surface area contributed by atoms with Crippen molar-refractivity contribution in [2.75, 3.05) is 18.5 Å². The summed E-state index contributed by atoms with van der Waals surface area (Å²) in [6.45, 7) is 6.34. The molecule has 2 aromatic carbocycles. The zero-order chi connectivity index (χ0) is 21.7. The Morgan fingerprint density at radius 1 is 1.07 bits per heavy atom. The lowest BCUT2D eigenvalue weighted by molar-refractivity contribution is 0.101. The topological polar surface area (TPSA) is 82.4 Å². The molecule has 0 saturated heterocycles. The molecular weight excluding hydrogens is 406 g/mol. The summed E-state index contributed by atoms with van der Waals surface area (Å²) in [7, 11) is 0. The maximum atomic E-state index is 12.9. The van der Waals surface area contributed by atoms with Gasteiger partial charge in [0.25, 0.3) is 5.91 Å². The first-order valence-electron chi connectivity index (χ1n) is 9.50. The number of hydrogen-bond donors (Lipinski definition) is 1. The summed E-state index contributed by atoms with van der Waals surface area (Å²) in [5.74, 6) is 0.406. The Bertz CT molecular complexity index is 1110. The molecule has 3 rings (SSSR count). The number of aryl methyl sites for hydroxylation is 1. The quantitative estimate of drug-likeness (QED) is 0.609. The molecule has 156 valence electrons. The predicted molar refractivity (Wildman–Crippen MR) is 116 cm³/mol. The molecule has 3 aromatic rings. The Labute approximate surface area is 179 Å². The van der Waals surface area contributed by atoms with Crippen LogP contribution in [0.4, 0.5) is 5.69 Å². The molecule has 0 aliphatic heterocycles. The number of anilines is 1. The maximum absolute atomic E-state index is 12.9. The molecule has 1 aromatic heterocycles. The number of carbonyl (C=O) groups excluding carboxylic acids is 1. The van der Waals surface area contributed by atoms with E-state index in [9.17, 15) is 9.59 Å². The van der Waals surface area contributed by atoms with Gasteiger partial charge >= 0.3 is 0 Å². The van der Waals surface area contributed by atoms with Crippen LogP contribution in [0, 0.1) is 6.92 Å². The van der Waals surface area contributed by atoms with Gasteiger partial charge in [-0.2, -0.15) is 5.10 Å². The van der Waals surface area contributed by atoms with E-state index in [1.807, 2.05) is 13.8 Å². The molecule has 0 bridgehead atoms. The molecule has 0 fully saturated rings. The van der Waals surface area contributed by atoms with Crippen molar-refractivity contribution < 1.29 is 14.3 Å². The minimum atomic E-state index is -0.641. The minimum Gasteiger partial charge on any atom is -0.494 e. The zero-order valence-corrected chi connectivity index (χ0v) is 17.7. The van der Waals surface area contributed by atoms with E-state index in [4.69, 9.17) is 21.1 Å². The smallest absolute Gasteiger partial charge is 0.280 e. The number of aromatic nitrogens is 2. The molecule has 1 heterocycles. The van der Waals surface area contributed by atoms with Gasteiger partial charge < -0.3 is 14.8 Å². The van der Waals surface area contributed by atoms with Gasteiger partial charge in [0.15, 0.2) is 5.69 Å². The summed E-state index contributed by atoms with van der Waals surface area (Å²) in [4.78, 5) is 25.4. The average molecular weight is 428 g/mol. The van der Waals surface area contributed by atoms with Gasteiger partial charge in [-0.1, -0.05) is 11.6 Å². The van der Waals surface area contributed by atoms with Crippen LogP contribution < -0.4 is 20.2 Å². The van der Waals surface area contributed by atoms with E-state index < -0.39 is 11.3 Å². The van der Waals surface area contributed by atoms with Crippen molar-refractivity contribution in [3.8, 4) is 17.2 Å². The average Bonchev–Trinajstić information content (AvgIpc) is 2.71. The third-order valence-corrected chi connectivity index (χ3v) is 4.46. The molecule has 1 N–H and O–H groups in total. The highest BCUT2D eigenvalue weighted by atomic mass is 35.5. The molecule has 0 aliphatic rings. The number of benzene rings is 2. The second-order valence-corrected chi connectivity index (χ2v) is 6.80. The molecule has 8 heteroatoms. The summed E-state index contributed by atoms with van der Waals surface area (Å²) >= 11 is 5.95. The van der Waals surface area contributed by atoms with Gasteiger partial charge in [0.1, 0.15) is 11.5 Å². The Hall–Kier alpha value is -3.32. The van der Waals surface area contributed by atoms with E-state index in [0.717, 1.165) is 0 Å². The van der Waals surface area contributed by atoms with Gasteiger partial charge in [0, 0.05) is 22.8 Å². The summed E-state index contributed by atoms with van der Waals surface area (Å²) in [6, 6.07) is 13.4. The number of hydrogen-bond acceptors (Lipinski definition) is 5. The molecule has 1 amide bonds. The lowest BCUT2D eigenvalue weighted by atomic mass is 10.2. The first-order valence-corrected chi connectivity index (χ1v) is 9.88. The van der Waals surface area contributed by atoms with Crippen LogP contribution in [-0.2, 0) is 0 Å². The number of nitrogens with one attached hydrogen (secondary N) is 1.